The quantitative estimate of drug-likeness (QED) is 0.737. The molecule has 1 saturated heterocycles. The molecule has 0 aliphatic carbocycles. The van der Waals surface area contributed by atoms with Gasteiger partial charge in [-0.15, -0.1) is 0 Å². The Hall–Kier alpha value is -0.770. The van der Waals surface area contributed by atoms with E-state index >= 15 is 0 Å². The molecule has 1 aliphatic rings. The van der Waals surface area contributed by atoms with Crippen molar-refractivity contribution in [1.82, 2.24) is 15.1 Å². The zero-order valence-corrected chi connectivity index (χ0v) is 11.2. The first-order valence-electron chi connectivity index (χ1n) is 6.03. The third kappa shape index (κ3) is 4.00. The average Bonchev–Trinajstić information content (AvgIpc) is 2.14. The molecule has 0 bridgehead atoms. The zero-order valence-electron chi connectivity index (χ0n) is 11.2. The molecule has 0 aromatic carbocycles. The van der Waals surface area contributed by atoms with E-state index in [0.29, 0.717) is 6.04 Å². The van der Waals surface area contributed by atoms with Crippen LogP contribution >= 0.6 is 0 Å². The van der Waals surface area contributed by atoms with Crippen LogP contribution in [0.3, 0.4) is 0 Å². The lowest BCUT2D eigenvalue weighted by molar-refractivity contribution is 0.136. The van der Waals surface area contributed by atoms with Crippen LogP contribution in [0.15, 0.2) is 0 Å². The molecule has 16 heavy (non-hydrogen) atoms. The summed E-state index contributed by atoms with van der Waals surface area (Å²) in [7, 11) is 4.01. The van der Waals surface area contributed by atoms with Crippen molar-refractivity contribution in [2.24, 2.45) is 0 Å². The number of likely N-dealkylation sites (tertiary alicyclic amines) is 1. The second-order valence-corrected chi connectivity index (χ2v) is 5.85. The summed E-state index contributed by atoms with van der Waals surface area (Å²) in [5, 5.41) is 3.00. The van der Waals surface area contributed by atoms with Crippen LogP contribution in [0.1, 0.15) is 33.6 Å². The van der Waals surface area contributed by atoms with Crippen LogP contribution in [0.4, 0.5) is 4.79 Å². The Morgan fingerprint density at radius 3 is 2.56 bits per heavy atom. The van der Waals surface area contributed by atoms with Gasteiger partial charge in [-0.3, -0.25) is 0 Å². The first kappa shape index (κ1) is 13.3. The SMILES string of the molecule is CN1CCCC(N(C)C(=O)NC(C)(C)C)C1. The molecule has 1 N–H and O–H groups in total. The van der Waals surface area contributed by atoms with Gasteiger partial charge in [0.2, 0.25) is 0 Å². The van der Waals surface area contributed by atoms with E-state index in [-0.39, 0.29) is 11.6 Å². The fourth-order valence-electron chi connectivity index (χ4n) is 2.03. The van der Waals surface area contributed by atoms with Gasteiger partial charge in [0.15, 0.2) is 0 Å². The Balaban J connectivity index is 2.49. The Morgan fingerprint density at radius 1 is 1.44 bits per heavy atom. The number of piperidine rings is 1. The van der Waals surface area contributed by atoms with Crippen LogP contribution in [-0.4, -0.2) is 54.6 Å². The molecular formula is C12H25N3O. The van der Waals surface area contributed by atoms with Crippen molar-refractivity contribution >= 4 is 6.03 Å². The highest BCUT2D eigenvalue weighted by Crippen LogP contribution is 2.14. The van der Waals surface area contributed by atoms with Gasteiger partial charge in [0.25, 0.3) is 0 Å². The van der Waals surface area contributed by atoms with E-state index < -0.39 is 0 Å². The highest BCUT2D eigenvalue weighted by atomic mass is 16.2. The van der Waals surface area contributed by atoms with E-state index in [1.807, 2.05) is 32.7 Å². The molecule has 0 spiro atoms. The maximum atomic E-state index is 12.0. The molecule has 4 heteroatoms. The van der Waals surface area contributed by atoms with E-state index in [9.17, 15) is 4.79 Å². The lowest BCUT2D eigenvalue weighted by Crippen LogP contribution is -2.54. The van der Waals surface area contributed by atoms with Crippen LogP contribution in [-0.2, 0) is 0 Å². The summed E-state index contributed by atoms with van der Waals surface area (Å²) >= 11 is 0. The number of nitrogens with zero attached hydrogens (tertiary/aromatic N) is 2. The van der Waals surface area contributed by atoms with Crippen LogP contribution in [0.5, 0.6) is 0 Å². The Bertz CT molecular complexity index is 247. The van der Waals surface area contributed by atoms with Gasteiger partial charge in [0.05, 0.1) is 0 Å². The summed E-state index contributed by atoms with van der Waals surface area (Å²) in [6.07, 6.45) is 2.28. The van der Waals surface area contributed by atoms with E-state index in [1.54, 1.807) is 0 Å². The molecule has 1 rings (SSSR count). The minimum atomic E-state index is -0.161. The number of nitrogens with one attached hydrogen (secondary N) is 1. The average molecular weight is 227 g/mol. The third-order valence-electron chi connectivity index (χ3n) is 2.95. The van der Waals surface area contributed by atoms with Crippen molar-refractivity contribution in [3.8, 4) is 0 Å². The standard InChI is InChI=1S/C12H25N3O/c1-12(2,3)13-11(16)15(5)10-7-6-8-14(4)9-10/h10H,6-9H2,1-5H3,(H,13,16). The molecular weight excluding hydrogens is 202 g/mol. The van der Waals surface area contributed by atoms with E-state index in [0.717, 1.165) is 19.5 Å². The molecule has 1 heterocycles. The normalized spacial score (nSPS) is 22.9. The highest BCUT2D eigenvalue weighted by molar-refractivity contribution is 5.75. The lowest BCUT2D eigenvalue weighted by Gasteiger charge is -2.37. The highest BCUT2D eigenvalue weighted by Gasteiger charge is 2.26. The maximum absolute atomic E-state index is 12.0. The lowest BCUT2D eigenvalue weighted by atomic mass is 10.1. The number of carbonyl (C=O) groups is 1. The smallest absolute Gasteiger partial charge is 0.317 e. The molecule has 0 saturated carbocycles. The number of amides is 2. The molecule has 1 aliphatic heterocycles. The van der Waals surface area contributed by atoms with Crippen LogP contribution in [0.2, 0.25) is 0 Å². The van der Waals surface area contributed by atoms with E-state index in [1.165, 1.54) is 6.42 Å². The number of hydrogen-bond acceptors (Lipinski definition) is 2. The van der Waals surface area contributed by atoms with Gasteiger partial charge in [-0.25, -0.2) is 4.79 Å². The summed E-state index contributed by atoms with van der Waals surface area (Å²) in [5.41, 5.74) is -0.161. The molecule has 1 unspecified atom stereocenters. The molecule has 4 nitrogen and oxygen atoms in total. The van der Waals surface area contributed by atoms with Crippen molar-refractivity contribution in [2.45, 2.75) is 45.2 Å². The minimum absolute atomic E-state index is 0.0350. The van der Waals surface area contributed by atoms with E-state index in [4.69, 9.17) is 0 Å². The Labute approximate surface area is 99.0 Å². The first-order chi connectivity index (χ1) is 7.29. The second kappa shape index (κ2) is 5.04. The summed E-state index contributed by atoms with van der Waals surface area (Å²) < 4.78 is 0. The van der Waals surface area contributed by atoms with Gasteiger partial charge in [-0.2, -0.15) is 0 Å². The van der Waals surface area contributed by atoms with Gasteiger partial charge >= 0.3 is 6.03 Å². The zero-order chi connectivity index (χ0) is 12.3. The Kier molecular flexibility index (Phi) is 4.19. The summed E-state index contributed by atoms with van der Waals surface area (Å²) in [6.45, 7) is 8.14. The molecule has 94 valence electrons. The molecule has 0 aromatic heterocycles. The van der Waals surface area contributed by atoms with Gasteiger partial charge in [0, 0.05) is 25.2 Å². The van der Waals surface area contributed by atoms with Gasteiger partial charge in [-0.1, -0.05) is 0 Å². The van der Waals surface area contributed by atoms with Gasteiger partial charge in [-0.05, 0) is 47.2 Å². The molecule has 0 aromatic rings. The maximum Gasteiger partial charge on any atom is 0.317 e. The summed E-state index contributed by atoms with van der Waals surface area (Å²) in [6, 6.07) is 0.383. The van der Waals surface area contributed by atoms with Crippen molar-refractivity contribution in [3.05, 3.63) is 0 Å². The van der Waals surface area contributed by atoms with Crippen LogP contribution in [0, 0.1) is 0 Å². The number of urea groups is 1. The van der Waals surface area contributed by atoms with Crippen LogP contribution < -0.4 is 5.32 Å². The number of likely N-dealkylation sites (N-methyl/N-ethyl adjacent to an activating group) is 2. The number of carbonyl (C=O) groups excluding carboxylic acids is 1. The fraction of sp³-hybridized carbons (Fsp3) is 0.917. The van der Waals surface area contributed by atoms with Gasteiger partial charge < -0.3 is 15.1 Å². The third-order valence-corrected chi connectivity index (χ3v) is 2.95. The fourth-order valence-corrected chi connectivity index (χ4v) is 2.03. The van der Waals surface area contributed by atoms with E-state index in [2.05, 4.69) is 17.3 Å². The predicted octanol–water partition coefficient (Wildman–Crippen LogP) is 1.52. The number of rotatable bonds is 1. The summed E-state index contributed by atoms with van der Waals surface area (Å²) in [4.78, 5) is 16.1. The summed E-state index contributed by atoms with van der Waals surface area (Å²) in [5.74, 6) is 0. The predicted molar refractivity (Wildman–Crippen MR) is 66.6 cm³/mol. The molecule has 1 fully saturated rings. The molecule has 0 radical (unpaired) electrons. The molecule has 2 amide bonds. The van der Waals surface area contributed by atoms with Crippen molar-refractivity contribution in [3.63, 3.8) is 0 Å². The molecule has 1 atom stereocenters. The topological polar surface area (TPSA) is 35.6 Å². The first-order valence-corrected chi connectivity index (χ1v) is 6.03. The van der Waals surface area contributed by atoms with Crippen molar-refractivity contribution in [1.29, 1.82) is 0 Å². The second-order valence-electron chi connectivity index (χ2n) is 5.85. The van der Waals surface area contributed by atoms with Crippen molar-refractivity contribution < 1.29 is 4.79 Å². The minimum Gasteiger partial charge on any atom is -0.333 e. The largest absolute Gasteiger partial charge is 0.333 e. The van der Waals surface area contributed by atoms with Crippen LogP contribution in [0.25, 0.3) is 0 Å². The van der Waals surface area contributed by atoms with Gasteiger partial charge in [0.1, 0.15) is 0 Å². The Morgan fingerprint density at radius 2 is 2.06 bits per heavy atom. The monoisotopic (exact) mass is 227 g/mol. The number of hydrogen-bond donors (Lipinski definition) is 1. The van der Waals surface area contributed by atoms with Crippen molar-refractivity contribution in [2.75, 3.05) is 27.2 Å².